The van der Waals surface area contributed by atoms with Gasteiger partial charge < -0.3 is 15.8 Å². The highest BCUT2D eigenvalue weighted by Gasteiger charge is 2.21. The number of nitrogens with one attached hydrogen (secondary N) is 1. The van der Waals surface area contributed by atoms with Crippen LogP contribution in [0.1, 0.15) is 32.6 Å². The van der Waals surface area contributed by atoms with E-state index in [1.54, 1.807) is 0 Å². The van der Waals surface area contributed by atoms with Crippen molar-refractivity contribution in [1.82, 2.24) is 0 Å². The van der Waals surface area contributed by atoms with Crippen molar-refractivity contribution in [3.05, 3.63) is 23.2 Å². The first-order chi connectivity index (χ1) is 8.70. The van der Waals surface area contributed by atoms with Crippen molar-refractivity contribution < 1.29 is 4.74 Å². The van der Waals surface area contributed by atoms with Gasteiger partial charge in [-0.3, -0.25) is 0 Å². The summed E-state index contributed by atoms with van der Waals surface area (Å²) in [7, 11) is 0. The van der Waals surface area contributed by atoms with Crippen molar-refractivity contribution in [1.29, 1.82) is 0 Å². The summed E-state index contributed by atoms with van der Waals surface area (Å²) in [6.45, 7) is 2.57. The van der Waals surface area contributed by atoms with E-state index in [0.29, 0.717) is 17.7 Å². The lowest BCUT2D eigenvalue weighted by Crippen LogP contribution is -2.42. The number of ether oxygens (including phenoxy) is 1. The second-order valence-corrected chi connectivity index (χ2v) is 5.18. The Bertz CT molecular complexity index is 397. The van der Waals surface area contributed by atoms with Gasteiger partial charge in [0.1, 0.15) is 5.75 Å². The summed E-state index contributed by atoms with van der Waals surface area (Å²) >= 11 is 6.17. The molecule has 0 heterocycles. The topological polar surface area (TPSA) is 47.3 Å². The van der Waals surface area contributed by atoms with Crippen LogP contribution in [0.2, 0.25) is 5.02 Å². The third kappa shape index (κ3) is 3.30. The van der Waals surface area contributed by atoms with Gasteiger partial charge in [0.25, 0.3) is 0 Å². The fourth-order valence-electron chi connectivity index (χ4n) is 2.42. The lowest BCUT2D eigenvalue weighted by atomic mass is 9.91. The van der Waals surface area contributed by atoms with Crippen LogP contribution in [0, 0.1) is 0 Å². The van der Waals surface area contributed by atoms with Crippen LogP contribution in [0.3, 0.4) is 0 Å². The summed E-state index contributed by atoms with van der Waals surface area (Å²) in [5.74, 6) is 0.734. The first kappa shape index (κ1) is 13.5. The normalized spacial score (nSPS) is 23.7. The van der Waals surface area contributed by atoms with Crippen molar-refractivity contribution in [3.8, 4) is 5.75 Å². The van der Waals surface area contributed by atoms with Gasteiger partial charge in [0.05, 0.1) is 11.6 Å². The fourth-order valence-corrected chi connectivity index (χ4v) is 2.65. The van der Waals surface area contributed by atoms with Crippen molar-refractivity contribution in [2.75, 3.05) is 11.9 Å². The van der Waals surface area contributed by atoms with Gasteiger partial charge in [0.15, 0.2) is 0 Å². The highest BCUT2D eigenvalue weighted by atomic mass is 35.5. The predicted molar refractivity (Wildman–Crippen MR) is 76.5 cm³/mol. The number of hydrogen-bond donors (Lipinski definition) is 2. The van der Waals surface area contributed by atoms with Crippen LogP contribution in [0.4, 0.5) is 5.69 Å². The molecule has 0 aromatic heterocycles. The minimum atomic E-state index is 0.240. The van der Waals surface area contributed by atoms with E-state index in [1.165, 1.54) is 12.8 Å². The first-order valence-electron chi connectivity index (χ1n) is 6.65. The second-order valence-electron chi connectivity index (χ2n) is 4.78. The standard InChI is InChI=1S/C14H21ClN2O/c1-2-18-14-8-7-10(9-11(14)15)17-13-6-4-3-5-12(13)16/h7-9,12-13,17H,2-6,16H2,1H3. The van der Waals surface area contributed by atoms with E-state index in [1.807, 2.05) is 25.1 Å². The number of halogens is 1. The van der Waals surface area contributed by atoms with E-state index in [-0.39, 0.29) is 6.04 Å². The van der Waals surface area contributed by atoms with E-state index in [4.69, 9.17) is 22.1 Å². The molecule has 2 unspecified atom stereocenters. The van der Waals surface area contributed by atoms with Crippen LogP contribution >= 0.6 is 11.6 Å². The first-order valence-corrected chi connectivity index (χ1v) is 7.03. The van der Waals surface area contributed by atoms with Gasteiger partial charge in [-0.1, -0.05) is 24.4 Å². The third-order valence-corrected chi connectivity index (χ3v) is 3.70. The number of hydrogen-bond acceptors (Lipinski definition) is 3. The average molecular weight is 269 g/mol. The lowest BCUT2D eigenvalue weighted by molar-refractivity contribution is 0.340. The number of anilines is 1. The molecule has 0 radical (unpaired) electrons. The maximum atomic E-state index is 6.17. The Balaban J connectivity index is 2.02. The Hall–Kier alpha value is -0.930. The van der Waals surface area contributed by atoms with Gasteiger partial charge in [-0.05, 0) is 38.0 Å². The van der Waals surface area contributed by atoms with E-state index in [2.05, 4.69) is 5.32 Å². The van der Waals surface area contributed by atoms with Gasteiger partial charge in [-0.15, -0.1) is 0 Å². The quantitative estimate of drug-likeness (QED) is 0.880. The van der Waals surface area contributed by atoms with E-state index < -0.39 is 0 Å². The zero-order valence-electron chi connectivity index (χ0n) is 10.8. The van der Waals surface area contributed by atoms with Crippen LogP contribution in [0.15, 0.2) is 18.2 Å². The molecule has 2 rings (SSSR count). The maximum Gasteiger partial charge on any atom is 0.138 e. The maximum absolute atomic E-state index is 6.17. The Morgan fingerprint density at radius 3 is 2.83 bits per heavy atom. The van der Waals surface area contributed by atoms with Crippen LogP contribution in [0.25, 0.3) is 0 Å². The molecular weight excluding hydrogens is 248 g/mol. The Kier molecular flexibility index (Phi) is 4.72. The minimum absolute atomic E-state index is 0.240. The Morgan fingerprint density at radius 2 is 2.17 bits per heavy atom. The molecule has 1 aromatic rings. The molecule has 4 heteroatoms. The van der Waals surface area contributed by atoms with Gasteiger partial charge in [-0.2, -0.15) is 0 Å². The van der Waals surface area contributed by atoms with E-state index in [0.717, 1.165) is 24.3 Å². The molecule has 1 saturated carbocycles. The summed E-state index contributed by atoms with van der Waals surface area (Å²) < 4.78 is 5.42. The smallest absolute Gasteiger partial charge is 0.138 e. The van der Waals surface area contributed by atoms with Gasteiger partial charge in [0.2, 0.25) is 0 Å². The van der Waals surface area contributed by atoms with Gasteiger partial charge in [-0.25, -0.2) is 0 Å². The molecule has 0 bridgehead atoms. The highest BCUT2D eigenvalue weighted by molar-refractivity contribution is 6.32. The lowest BCUT2D eigenvalue weighted by Gasteiger charge is -2.30. The summed E-state index contributed by atoms with van der Waals surface area (Å²) in [5, 5.41) is 4.12. The Morgan fingerprint density at radius 1 is 1.39 bits per heavy atom. The van der Waals surface area contributed by atoms with Crippen LogP contribution < -0.4 is 15.8 Å². The molecule has 100 valence electrons. The zero-order valence-corrected chi connectivity index (χ0v) is 11.5. The number of nitrogens with two attached hydrogens (primary N) is 1. The van der Waals surface area contributed by atoms with E-state index in [9.17, 15) is 0 Å². The molecule has 0 saturated heterocycles. The number of benzene rings is 1. The summed E-state index contributed by atoms with van der Waals surface area (Å²) in [4.78, 5) is 0. The van der Waals surface area contributed by atoms with Crippen LogP contribution in [-0.2, 0) is 0 Å². The van der Waals surface area contributed by atoms with Crippen molar-refractivity contribution in [2.24, 2.45) is 5.73 Å². The molecule has 0 amide bonds. The molecule has 2 atom stereocenters. The van der Waals surface area contributed by atoms with Crippen molar-refractivity contribution in [3.63, 3.8) is 0 Å². The van der Waals surface area contributed by atoms with Crippen molar-refractivity contribution >= 4 is 17.3 Å². The third-order valence-electron chi connectivity index (χ3n) is 3.40. The molecule has 1 aliphatic rings. The van der Waals surface area contributed by atoms with Crippen LogP contribution in [-0.4, -0.2) is 18.7 Å². The molecule has 3 nitrogen and oxygen atoms in total. The summed E-state index contributed by atoms with van der Waals surface area (Å²) in [6.07, 6.45) is 4.72. The largest absolute Gasteiger partial charge is 0.492 e. The van der Waals surface area contributed by atoms with Gasteiger partial charge >= 0.3 is 0 Å². The molecule has 0 spiro atoms. The predicted octanol–water partition coefficient (Wildman–Crippen LogP) is 3.42. The summed E-state index contributed by atoms with van der Waals surface area (Å²) in [6, 6.07) is 6.41. The molecule has 1 aliphatic carbocycles. The van der Waals surface area contributed by atoms with E-state index >= 15 is 0 Å². The molecule has 18 heavy (non-hydrogen) atoms. The second kappa shape index (κ2) is 6.30. The molecule has 0 aliphatic heterocycles. The molecule has 3 N–H and O–H groups in total. The number of rotatable bonds is 4. The molecule has 1 fully saturated rings. The van der Waals surface area contributed by atoms with Crippen LogP contribution in [0.5, 0.6) is 5.75 Å². The fraction of sp³-hybridized carbons (Fsp3) is 0.571. The van der Waals surface area contributed by atoms with Gasteiger partial charge in [0, 0.05) is 17.8 Å². The average Bonchev–Trinajstić information content (AvgIpc) is 2.36. The molecule has 1 aromatic carbocycles. The monoisotopic (exact) mass is 268 g/mol. The molecular formula is C14H21ClN2O. The summed E-state index contributed by atoms with van der Waals surface area (Å²) in [5.41, 5.74) is 7.14. The zero-order chi connectivity index (χ0) is 13.0. The van der Waals surface area contributed by atoms with Crippen molar-refractivity contribution in [2.45, 2.75) is 44.7 Å². The highest BCUT2D eigenvalue weighted by Crippen LogP contribution is 2.29. The minimum Gasteiger partial charge on any atom is -0.492 e. The SMILES string of the molecule is CCOc1ccc(NC2CCCCC2N)cc1Cl. The Labute approximate surface area is 114 Å².